The fraction of sp³-hybridized carbons (Fsp3) is 0.231. The number of carbonyl (C=O) groups is 1. The molecule has 20 heavy (non-hydrogen) atoms. The van der Waals surface area contributed by atoms with E-state index in [4.69, 9.17) is 10.6 Å². The average molecular weight is 271 g/mol. The van der Waals surface area contributed by atoms with Crippen LogP contribution in [-0.4, -0.2) is 51.5 Å². The van der Waals surface area contributed by atoms with Gasteiger partial charge in [0.25, 0.3) is 5.91 Å². The monoisotopic (exact) mass is 271 g/mol. The van der Waals surface area contributed by atoms with Gasteiger partial charge in [-0.15, -0.1) is 0 Å². The van der Waals surface area contributed by atoms with Gasteiger partial charge in [-0.3, -0.25) is 25.0 Å². The summed E-state index contributed by atoms with van der Waals surface area (Å²) in [4.78, 5) is 19.3. The third kappa shape index (κ3) is 1.83. The molecule has 0 aromatic heterocycles. The van der Waals surface area contributed by atoms with Gasteiger partial charge in [-0.2, -0.15) is 0 Å². The topological polar surface area (TPSA) is 92.3 Å². The minimum absolute atomic E-state index is 0.127. The van der Waals surface area contributed by atoms with Crippen molar-refractivity contribution in [2.24, 2.45) is 10.1 Å². The van der Waals surface area contributed by atoms with E-state index in [9.17, 15) is 4.79 Å². The van der Waals surface area contributed by atoms with Crippen LogP contribution in [0.3, 0.4) is 0 Å². The van der Waals surface area contributed by atoms with Gasteiger partial charge in [-0.25, -0.2) is 0 Å². The van der Waals surface area contributed by atoms with Gasteiger partial charge in [0.05, 0.1) is 13.1 Å². The van der Waals surface area contributed by atoms with Crippen LogP contribution >= 0.6 is 0 Å². The Morgan fingerprint density at radius 1 is 1.35 bits per heavy atom. The van der Waals surface area contributed by atoms with E-state index in [1.165, 1.54) is 4.90 Å². The largest absolute Gasteiger partial charge is 0.410 e. The number of amides is 1. The summed E-state index contributed by atoms with van der Waals surface area (Å²) in [6.07, 6.45) is 0. The number of hydrogen-bond donors (Lipinski definition) is 2. The average Bonchev–Trinajstić information content (AvgIpc) is 2.95. The molecule has 0 bridgehead atoms. The minimum atomic E-state index is -0.474. The SMILES string of the molecule is N=C1/C(=N/O)C(=O)N2CCN=C2N1Cc1ccccc1. The fourth-order valence-electron chi connectivity index (χ4n) is 2.32. The lowest BCUT2D eigenvalue weighted by Crippen LogP contribution is -2.58. The number of benzene rings is 1. The molecular formula is C13H13N5O2. The Bertz CT molecular complexity index is 623. The first-order chi connectivity index (χ1) is 9.72. The highest BCUT2D eigenvalue weighted by Crippen LogP contribution is 2.18. The van der Waals surface area contributed by atoms with Gasteiger partial charge in [0.1, 0.15) is 0 Å². The van der Waals surface area contributed by atoms with E-state index in [-0.39, 0.29) is 11.5 Å². The van der Waals surface area contributed by atoms with Crippen molar-refractivity contribution in [1.82, 2.24) is 9.80 Å². The molecule has 1 fully saturated rings. The molecule has 1 aromatic carbocycles. The second-order valence-electron chi connectivity index (χ2n) is 4.51. The third-order valence-corrected chi connectivity index (χ3v) is 3.29. The lowest BCUT2D eigenvalue weighted by Gasteiger charge is -2.34. The lowest BCUT2D eigenvalue weighted by atomic mass is 10.1. The van der Waals surface area contributed by atoms with E-state index < -0.39 is 5.91 Å². The van der Waals surface area contributed by atoms with E-state index in [2.05, 4.69) is 10.1 Å². The van der Waals surface area contributed by atoms with Gasteiger partial charge in [0.15, 0.2) is 5.84 Å². The maximum Gasteiger partial charge on any atom is 0.286 e. The second-order valence-corrected chi connectivity index (χ2v) is 4.51. The number of oxime groups is 1. The molecule has 1 aromatic rings. The number of nitrogens with zero attached hydrogens (tertiary/aromatic N) is 4. The summed E-state index contributed by atoms with van der Waals surface area (Å²) in [6, 6.07) is 9.58. The third-order valence-electron chi connectivity index (χ3n) is 3.29. The molecule has 2 heterocycles. The normalized spacial score (nSPS) is 20.4. The Morgan fingerprint density at radius 2 is 2.10 bits per heavy atom. The van der Waals surface area contributed by atoms with Crippen molar-refractivity contribution < 1.29 is 10.0 Å². The highest BCUT2D eigenvalue weighted by Gasteiger charge is 2.41. The summed E-state index contributed by atoms with van der Waals surface area (Å²) in [6.45, 7) is 1.35. The van der Waals surface area contributed by atoms with Crippen LogP contribution < -0.4 is 0 Å². The Hall–Kier alpha value is -2.70. The molecule has 0 saturated carbocycles. The number of amidine groups is 1. The van der Waals surface area contributed by atoms with Gasteiger partial charge >= 0.3 is 0 Å². The van der Waals surface area contributed by atoms with Gasteiger partial charge in [-0.05, 0) is 5.56 Å². The standard InChI is InChI=1S/C13H13N5O2/c14-11-10(16-20)12(19)17-7-6-15-13(17)18(11)8-9-4-2-1-3-5-9/h1-5,14,20H,6-8H2/b14-11?,16-10-. The zero-order valence-electron chi connectivity index (χ0n) is 10.7. The zero-order chi connectivity index (χ0) is 14.1. The predicted octanol–water partition coefficient (Wildman–Crippen LogP) is 0.508. The van der Waals surface area contributed by atoms with Gasteiger partial charge in [0.2, 0.25) is 11.7 Å². The molecule has 0 unspecified atom stereocenters. The van der Waals surface area contributed by atoms with Crippen LogP contribution in [0.5, 0.6) is 0 Å². The number of guanidine groups is 1. The summed E-state index contributed by atoms with van der Waals surface area (Å²) in [7, 11) is 0. The second kappa shape index (κ2) is 4.76. The maximum absolute atomic E-state index is 12.0. The van der Waals surface area contributed by atoms with E-state index in [0.717, 1.165) is 5.56 Å². The first-order valence-electron chi connectivity index (χ1n) is 6.21. The number of rotatable bonds is 2. The van der Waals surface area contributed by atoms with Gasteiger partial charge in [-0.1, -0.05) is 35.5 Å². The molecule has 102 valence electrons. The van der Waals surface area contributed by atoms with Crippen LogP contribution in [0.25, 0.3) is 0 Å². The van der Waals surface area contributed by atoms with Crippen molar-refractivity contribution >= 4 is 23.4 Å². The van der Waals surface area contributed by atoms with E-state index in [1.807, 2.05) is 30.3 Å². The molecule has 2 N–H and O–H groups in total. The number of fused-ring (bicyclic) bond motifs is 1. The van der Waals surface area contributed by atoms with Crippen LogP contribution in [0.1, 0.15) is 5.56 Å². The maximum atomic E-state index is 12.0. The van der Waals surface area contributed by atoms with Crippen LogP contribution in [0, 0.1) is 5.41 Å². The number of nitrogens with one attached hydrogen (secondary N) is 1. The molecule has 7 nitrogen and oxygen atoms in total. The van der Waals surface area contributed by atoms with Gasteiger partial charge in [0, 0.05) is 6.54 Å². The van der Waals surface area contributed by atoms with Crippen molar-refractivity contribution in [2.45, 2.75) is 6.54 Å². The first kappa shape index (κ1) is 12.3. The van der Waals surface area contributed by atoms with Crippen LogP contribution in [-0.2, 0) is 11.3 Å². The Balaban J connectivity index is 1.96. The number of carbonyl (C=O) groups excluding carboxylic acids is 1. The molecule has 2 aliphatic heterocycles. The summed E-state index contributed by atoms with van der Waals surface area (Å²) in [5.74, 6) is -0.146. The molecule has 1 amide bonds. The van der Waals surface area contributed by atoms with Crippen molar-refractivity contribution in [2.75, 3.05) is 13.1 Å². The van der Waals surface area contributed by atoms with Crippen molar-refractivity contribution in [3.63, 3.8) is 0 Å². The Labute approximate surface area is 115 Å². The molecule has 7 heteroatoms. The highest BCUT2D eigenvalue weighted by molar-refractivity contribution is 6.69. The smallest absolute Gasteiger partial charge is 0.286 e. The summed E-state index contributed by atoms with van der Waals surface area (Å²) >= 11 is 0. The summed E-state index contributed by atoms with van der Waals surface area (Å²) in [5.41, 5.74) is 0.736. The van der Waals surface area contributed by atoms with E-state index >= 15 is 0 Å². The molecule has 2 aliphatic rings. The highest BCUT2D eigenvalue weighted by atomic mass is 16.4. The Kier molecular flexibility index (Phi) is 2.94. The zero-order valence-corrected chi connectivity index (χ0v) is 10.7. The Morgan fingerprint density at radius 3 is 2.80 bits per heavy atom. The van der Waals surface area contributed by atoms with Crippen LogP contribution in [0.2, 0.25) is 0 Å². The van der Waals surface area contributed by atoms with Crippen LogP contribution in [0.15, 0.2) is 40.5 Å². The lowest BCUT2D eigenvalue weighted by molar-refractivity contribution is -0.120. The molecule has 0 atom stereocenters. The number of hydrogen-bond acceptors (Lipinski definition) is 5. The number of aliphatic imine (C=N–C) groups is 1. The molecule has 0 spiro atoms. The van der Waals surface area contributed by atoms with Crippen molar-refractivity contribution in [3.8, 4) is 0 Å². The quantitative estimate of drug-likeness (QED) is 0.606. The molecule has 0 radical (unpaired) electrons. The first-order valence-corrected chi connectivity index (χ1v) is 6.21. The van der Waals surface area contributed by atoms with Crippen LogP contribution in [0.4, 0.5) is 0 Å². The van der Waals surface area contributed by atoms with E-state index in [1.54, 1.807) is 4.90 Å². The van der Waals surface area contributed by atoms with Crippen molar-refractivity contribution in [3.05, 3.63) is 35.9 Å². The summed E-state index contributed by atoms with van der Waals surface area (Å²) in [5, 5.41) is 20.0. The summed E-state index contributed by atoms with van der Waals surface area (Å²) < 4.78 is 0. The minimum Gasteiger partial charge on any atom is -0.410 e. The van der Waals surface area contributed by atoms with Crippen molar-refractivity contribution in [1.29, 1.82) is 5.41 Å². The van der Waals surface area contributed by atoms with E-state index in [0.29, 0.717) is 25.6 Å². The van der Waals surface area contributed by atoms with Gasteiger partial charge < -0.3 is 5.21 Å². The molecule has 0 aliphatic carbocycles. The molecule has 3 rings (SSSR count). The fourth-order valence-corrected chi connectivity index (χ4v) is 2.32. The predicted molar refractivity (Wildman–Crippen MR) is 72.9 cm³/mol. The molecular weight excluding hydrogens is 258 g/mol. The molecule has 1 saturated heterocycles.